The number of nitrogens with one attached hydrogen (secondary N) is 1. The van der Waals surface area contributed by atoms with Gasteiger partial charge in [0.1, 0.15) is 0 Å². The lowest BCUT2D eigenvalue weighted by atomic mass is 10.1. The first-order valence-corrected chi connectivity index (χ1v) is 7.98. The number of pyridine rings is 1. The summed E-state index contributed by atoms with van der Waals surface area (Å²) >= 11 is 0. The van der Waals surface area contributed by atoms with Crippen molar-refractivity contribution in [3.63, 3.8) is 0 Å². The van der Waals surface area contributed by atoms with E-state index in [0.29, 0.717) is 6.42 Å². The zero-order valence-corrected chi connectivity index (χ0v) is 13.0. The number of aliphatic hydroxyl groups excluding tert-OH is 1. The molecule has 1 aliphatic heterocycles. The second-order valence-corrected chi connectivity index (χ2v) is 5.73. The summed E-state index contributed by atoms with van der Waals surface area (Å²) in [6.07, 6.45) is 4.29. The minimum Gasteiger partial charge on any atom is -0.396 e. The lowest BCUT2D eigenvalue weighted by Gasteiger charge is -2.24. The van der Waals surface area contributed by atoms with Gasteiger partial charge in [0, 0.05) is 36.6 Å². The van der Waals surface area contributed by atoms with Gasteiger partial charge < -0.3 is 15.3 Å². The molecule has 2 amide bonds. The van der Waals surface area contributed by atoms with Crippen LogP contribution in [0.4, 0.5) is 10.5 Å². The van der Waals surface area contributed by atoms with Crippen molar-refractivity contribution in [1.82, 2.24) is 9.88 Å². The van der Waals surface area contributed by atoms with Crippen molar-refractivity contribution in [2.75, 3.05) is 18.5 Å². The van der Waals surface area contributed by atoms with Crippen LogP contribution in [0.2, 0.25) is 0 Å². The molecule has 3 rings (SSSR count). The molecule has 0 radical (unpaired) electrons. The van der Waals surface area contributed by atoms with Crippen LogP contribution in [-0.4, -0.2) is 40.2 Å². The van der Waals surface area contributed by atoms with Crippen molar-refractivity contribution >= 4 is 11.7 Å². The first-order valence-electron chi connectivity index (χ1n) is 7.98. The van der Waals surface area contributed by atoms with Crippen LogP contribution >= 0.6 is 0 Å². The van der Waals surface area contributed by atoms with Crippen molar-refractivity contribution in [2.24, 2.45) is 0 Å². The predicted octanol–water partition coefficient (Wildman–Crippen LogP) is 3.13. The van der Waals surface area contributed by atoms with Gasteiger partial charge in [0.25, 0.3) is 0 Å². The molecule has 2 heterocycles. The smallest absolute Gasteiger partial charge is 0.322 e. The summed E-state index contributed by atoms with van der Waals surface area (Å²) in [5, 5.41) is 12.1. The highest BCUT2D eigenvalue weighted by Gasteiger charge is 2.28. The van der Waals surface area contributed by atoms with Crippen LogP contribution in [-0.2, 0) is 0 Å². The van der Waals surface area contributed by atoms with Crippen LogP contribution in [0.15, 0.2) is 48.7 Å². The molecule has 0 saturated carbocycles. The second kappa shape index (κ2) is 7.24. The molecule has 5 nitrogen and oxygen atoms in total. The number of amides is 2. The van der Waals surface area contributed by atoms with Crippen LogP contribution in [0.5, 0.6) is 0 Å². The number of rotatable bonds is 4. The quantitative estimate of drug-likeness (QED) is 0.911. The third-order valence-corrected chi connectivity index (χ3v) is 4.18. The number of anilines is 1. The molecule has 2 N–H and O–H groups in total. The molecule has 0 aliphatic carbocycles. The van der Waals surface area contributed by atoms with E-state index in [4.69, 9.17) is 5.11 Å². The van der Waals surface area contributed by atoms with Gasteiger partial charge in [0.2, 0.25) is 0 Å². The van der Waals surface area contributed by atoms with E-state index in [-0.39, 0.29) is 18.7 Å². The summed E-state index contributed by atoms with van der Waals surface area (Å²) in [6.45, 7) is 0.856. The number of nitrogens with zero attached hydrogens (tertiary/aromatic N) is 2. The molecule has 1 aromatic heterocycles. The van der Waals surface area contributed by atoms with Crippen LogP contribution in [0.25, 0.3) is 11.3 Å². The number of aliphatic hydroxyl groups is 1. The van der Waals surface area contributed by atoms with E-state index in [2.05, 4.69) is 10.3 Å². The molecular weight excluding hydrogens is 290 g/mol. The number of carbonyl (C=O) groups is 1. The van der Waals surface area contributed by atoms with Crippen molar-refractivity contribution < 1.29 is 9.90 Å². The molecular formula is C18H21N3O2. The lowest BCUT2D eigenvalue weighted by molar-refractivity contribution is 0.189. The molecule has 1 atom stereocenters. The van der Waals surface area contributed by atoms with Gasteiger partial charge in [-0.15, -0.1) is 0 Å². The summed E-state index contributed by atoms with van der Waals surface area (Å²) in [4.78, 5) is 18.6. The van der Waals surface area contributed by atoms with Crippen LogP contribution in [0.3, 0.4) is 0 Å². The number of hydrogen-bond donors (Lipinski definition) is 2. The summed E-state index contributed by atoms with van der Waals surface area (Å²) < 4.78 is 0. The lowest BCUT2D eigenvalue weighted by Crippen LogP contribution is -2.39. The highest BCUT2D eigenvalue weighted by atomic mass is 16.3. The summed E-state index contributed by atoms with van der Waals surface area (Å²) in [7, 11) is 0. The van der Waals surface area contributed by atoms with Gasteiger partial charge in [-0.25, -0.2) is 4.79 Å². The van der Waals surface area contributed by atoms with Crippen LogP contribution in [0.1, 0.15) is 19.3 Å². The Bertz CT molecular complexity index is 660. The second-order valence-electron chi connectivity index (χ2n) is 5.73. The molecule has 0 spiro atoms. The average molecular weight is 311 g/mol. The fourth-order valence-corrected chi connectivity index (χ4v) is 3.02. The molecule has 1 aliphatic rings. The van der Waals surface area contributed by atoms with Gasteiger partial charge in [-0.2, -0.15) is 0 Å². The molecule has 23 heavy (non-hydrogen) atoms. The highest BCUT2D eigenvalue weighted by molar-refractivity contribution is 5.90. The Balaban J connectivity index is 1.72. The Morgan fingerprint density at radius 2 is 2.13 bits per heavy atom. The Labute approximate surface area is 136 Å². The Kier molecular flexibility index (Phi) is 4.88. The van der Waals surface area contributed by atoms with Crippen molar-refractivity contribution in [3.05, 3.63) is 48.7 Å². The molecule has 1 aromatic carbocycles. The normalized spacial score (nSPS) is 17.3. The van der Waals surface area contributed by atoms with Gasteiger partial charge in [0.15, 0.2) is 0 Å². The fourth-order valence-electron chi connectivity index (χ4n) is 3.02. The van der Waals surface area contributed by atoms with E-state index in [9.17, 15) is 4.79 Å². The van der Waals surface area contributed by atoms with Crippen LogP contribution < -0.4 is 5.32 Å². The number of urea groups is 1. The topological polar surface area (TPSA) is 65.5 Å². The van der Waals surface area contributed by atoms with Crippen molar-refractivity contribution in [1.29, 1.82) is 0 Å². The van der Waals surface area contributed by atoms with Gasteiger partial charge >= 0.3 is 6.03 Å². The third-order valence-electron chi connectivity index (χ3n) is 4.18. The van der Waals surface area contributed by atoms with Gasteiger partial charge in [-0.1, -0.05) is 30.3 Å². The Morgan fingerprint density at radius 1 is 1.30 bits per heavy atom. The van der Waals surface area contributed by atoms with E-state index in [1.54, 1.807) is 12.3 Å². The monoisotopic (exact) mass is 311 g/mol. The predicted molar refractivity (Wildman–Crippen MR) is 90.1 cm³/mol. The number of carbonyl (C=O) groups excluding carboxylic acids is 1. The minimum absolute atomic E-state index is 0.105. The van der Waals surface area contributed by atoms with Gasteiger partial charge in [-0.05, 0) is 31.4 Å². The molecule has 1 saturated heterocycles. The number of likely N-dealkylation sites (tertiary alicyclic amines) is 1. The number of benzene rings is 1. The van der Waals surface area contributed by atoms with Gasteiger partial charge in [0.05, 0.1) is 5.69 Å². The molecule has 0 bridgehead atoms. The Hall–Kier alpha value is -2.40. The molecule has 2 aromatic rings. The fraction of sp³-hybridized carbons (Fsp3) is 0.333. The number of hydrogen-bond acceptors (Lipinski definition) is 3. The van der Waals surface area contributed by atoms with E-state index in [0.717, 1.165) is 36.3 Å². The third kappa shape index (κ3) is 3.68. The highest BCUT2D eigenvalue weighted by Crippen LogP contribution is 2.23. The van der Waals surface area contributed by atoms with Crippen molar-refractivity contribution in [3.8, 4) is 11.3 Å². The zero-order chi connectivity index (χ0) is 16.1. The first-order chi connectivity index (χ1) is 11.3. The zero-order valence-electron chi connectivity index (χ0n) is 13.0. The number of aromatic nitrogens is 1. The molecule has 1 fully saturated rings. The maximum Gasteiger partial charge on any atom is 0.322 e. The molecule has 5 heteroatoms. The summed E-state index contributed by atoms with van der Waals surface area (Å²) in [6, 6.07) is 13.6. The largest absolute Gasteiger partial charge is 0.396 e. The SMILES string of the molecule is O=C(Nc1ccnc(-c2ccccc2)c1)N1CCCC1CCO. The maximum absolute atomic E-state index is 12.5. The van der Waals surface area contributed by atoms with E-state index < -0.39 is 0 Å². The van der Waals surface area contributed by atoms with E-state index in [1.165, 1.54) is 0 Å². The maximum atomic E-state index is 12.5. The summed E-state index contributed by atoms with van der Waals surface area (Å²) in [5.41, 5.74) is 2.58. The Morgan fingerprint density at radius 3 is 2.91 bits per heavy atom. The molecule has 1 unspecified atom stereocenters. The standard InChI is InChI=1S/C18H21N3O2/c22-12-9-16-7-4-11-21(16)18(23)20-15-8-10-19-17(13-15)14-5-2-1-3-6-14/h1-3,5-6,8,10,13,16,22H,4,7,9,11-12H2,(H,19,20,23). The van der Waals surface area contributed by atoms with Crippen LogP contribution in [0, 0.1) is 0 Å². The summed E-state index contributed by atoms with van der Waals surface area (Å²) in [5.74, 6) is 0. The average Bonchev–Trinajstić information content (AvgIpc) is 3.05. The van der Waals surface area contributed by atoms with Crippen molar-refractivity contribution in [2.45, 2.75) is 25.3 Å². The molecule has 120 valence electrons. The van der Waals surface area contributed by atoms with Gasteiger partial charge in [-0.3, -0.25) is 4.98 Å². The van der Waals surface area contributed by atoms with E-state index >= 15 is 0 Å². The minimum atomic E-state index is -0.105. The van der Waals surface area contributed by atoms with E-state index in [1.807, 2.05) is 41.3 Å². The first kappa shape index (κ1) is 15.5.